The summed E-state index contributed by atoms with van der Waals surface area (Å²) in [5, 5.41) is 39.3. The quantitative estimate of drug-likeness (QED) is 0.373. The number of benzene rings is 1. The van der Waals surface area contributed by atoms with E-state index in [4.69, 9.17) is 5.11 Å². The summed E-state index contributed by atoms with van der Waals surface area (Å²) in [6.07, 6.45) is 8.50. The number of aliphatic hydroxyl groups is 3. The molecule has 1 aliphatic carbocycles. The maximum absolute atomic E-state index is 10.5. The molecule has 27 heavy (non-hydrogen) atoms. The van der Waals surface area contributed by atoms with Crippen LogP contribution in [0.5, 0.6) is 0 Å². The molecule has 0 amide bonds. The molecule has 0 spiro atoms. The van der Waals surface area contributed by atoms with E-state index in [-0.39, 0.29) is 18.3 Å². The largest absolute Gasteiger partial charge is 0.481 e. The second-order valence-corrected chi connectivity index (χ2v) is 7.25. The second-order valence-electron chi connectivity index (χ2n) is 7.25. The number of aliphatic hydroxyl groups excluding tert-OH is 3. The molecule has 2 rings (SSSR count). The van der Waals surface area contributed by atoms with Crippen LogP contribution in [0.3, 0.4) is 0 Å². The number of hydrogen-bond acceptors (Lipinski definition) is 4. The zero-order valence-electron chi connectivity index (χ0n) is 15.5. The van der Waals surface area contributed by atoms with E-state index in [2.05, 4.69) is 0 Å². The van der Waals surface area contributed by atoms with Gasteiger partial charge in [0, 0.05) is 25.2 Å². The molecule has 1 aromatic rings. The van der Waals surface area contributed by atoms with E-state index in [1.807, 2.05) is 48.6 Å². The van der Waals surface area contributed by atoms with E-state index >= 15 is 0 Å². The number of unbranched alkanes of at least 4 members (excludes halogenated alkanes) is 1. The Labute approximate surface area is 160 Å². The van der Waals surface area contributed by atoms with Crippen molar-refractivity contribution < 1.29 is 25.2 Å². The van der Waals surface area contributed by atoms with Gasteiger partial charge in [-0.15, -0.1) is 0 Å². The van der Waals surface area contributed by atoms with Crippen LogP contribution in [0.4, 0.5) is 0 Å². The maximum atomic E-state index is 10.5. The molecule has 1 aliphatic rings. The molecule has 0 aromatic heterocycles. The standard InChI is InChI=1S/C22H30O5/c23-17(14-16-8-4-3-5-9-16)12-13-19-18(20(24)15-21(19)25)10-6-1-2-7-11-22(26)27/h1,3-6,8-9,12-13,17-21,23-25H,2,7,10-11,14-15H2,(H,26,27). The van der Waals surface area contributed by atoms with Gasteiger partial charge in [0.2, 0.25) is 0 Å². The Morgan fingerprint density at radius 3 is 2.59 bits per heavy atom. The fraction of sp³-hybridized carbons (Fsp3) is 0.500. The SMILES string of the molecule is O=C(O)CCCC=CCC1C(O)CC(O)C1C=CC(O)Cc1ccccc1. The number of allylic oxidation sites excluding steroid dienone is 2. The molecule has 0 radical (unpaired) electrons. The highest BCUT2D eigenvalue weighted by atomic mass is 16.4. The lowest BCUT2D eigenvalue weighted by Gasteiger charge is -2.19. The molecule has 5 nitrogen and oxygen atoms in total. The molecule has 0 bridgehead atoms. The molecule has 1 aromatic carbocycles. The Kier molecular flexibility index (Phi) is 8.72. The van der Waals surface area contributed by atoms with E-state index in [0.29, 0.717) is 32.1 Å². The molecular formula is C22H30O5. The van der Waals surface area contributed by atoms with Crippen molar-refractivity contribution in [2.75, 3.05) is 0 Å². The number of hydrogen-bond donors (Lipinski definition) is 4. The Hall–Kier alpha value is -1.95. The van der Waals surface area contributed by atoms with E-state index in [9.17, 15) is 20.1 Å². The second kappa shape index (κ2) is 11.0. The van der Waals surface area contributed by atoms with Crippen LogP contribution in [-0.2, 0) is 11.2 Å². The van der Waals surface area contributed by atoms with Crippen LogP contribution in [0.2, 0.25) is 0 Å². The van der Waals surface area contributed by atoms with Crippen molar-refractivity contribution in [2.24, 2.45) is 11.8 Å². The maximum Gasteiger partial charge on any atom is 0.303 e. The Morgan fingerprint density at radius 1 is 1.15 bits per heavy atom. The van der Waals surface area contributed by atoms with Crippen LogP contribution in [0.25, 0.3) is 0 Å². The highest BCUT2D eigenvalue weighted by Gasteiger charge is 2.39. The third kappa shape index (κ3) is 7.29. The molecular weight excluding hydrogens is 344 g/mol. The lowest BCUT2D eigenvalue weighted by atomic mass is 9.89. The third-order valence-electron chi connectivity index (χ3n) is 5.10. The molecule has 1 fully saturated rings. The molecule has 5 heteroatoms. The van der Waals surface area contributed by atoms with Crippen LogP contribution in [0, 0.1) is 11.8 Å². The van der Waals surface area contributed by atoms with Gasteiger partial charge in [-0.1, -0.05) is 54.6 Å². The highest BCUT2D eigenvalue weighted by Crippen LogP contribution is 2.36. The van der Waals surface area contributed by atoms with Crippen molar-refractivity contribution in [1.82, 2.24) is 0 Å². The van der Waals surface area contributed by atoms with Crippen LogP contribution in [0.1, 0.15) is 37.7 Å². The first-order chi connectivity index (χ1) is 13.0. The van der Waals surface area contributed by atoms with Crippen LogP contribution >= 0.6 is 0 Å². The molecule has 5 unspecified atom stereocenters. The van der Waals surface area contributed by atoms with Gasteiger partial charge < -0.3 is 20.4 Å². The fourth-order valence-electron chi connectivity index (χ4n) is 3.63. The van der Waals surface area contributed by atoms with Gasteiger partial charge >= 0.3 is 5.97 Å². The number of carbonyl (C=O) groups is 1. The molecule has 148 valence electrons. The van der Waals surface area contributed by atoms with E-state index < -0.39 is 24.3 Å². The van der Waals surface area contributed by atoms with Crippen molar-refractivity contribution >= 4 is 5.97 Å². The summed E-state index contributed by atoms with van der Waals surface area (Å²) in [5.41, 5.74) is 1.04. The summed E-state index contributed by atoms with van der Waals surface area (Å²) in [7, 11) is 0. The van der Waals surface area contributed by atoms with E-state index in [1.54, 1.807) is 6.08 Å². The lowest BCUT2D eigenvalue weighted by Crippen LogP contribution is -2.20. The monoisotopic (exact) mass is 374 g/mol. The summed E-state index contributed by atoms with van der Waals surface area (Å²) < 4.78 is 0. The topological polar surface area (TPSA) is 98.0 Å². The summed E-state index contributed by atoms with van der Waals surface area (Å²) in [6.45, 7) is 0. The number of rotatable bonds is 10. The minimum absolute atomic E-state index is 0.101. The van der Waals surface area contributed by atoms with Crippen molar-refractivity contribution in [3.63, 3.8) is 0 Å². The summed E-state index contributed by atoms with van der Waals surface area (Å²) >= 11 is 0. The Morgan fingerprint density at radius 2 is 1.89 bits per heavy atom. The Bertz CT molecular complexity index is 625. The predicted octanol–water partition coefficient (Wildman–Crippen LogP) is 2.71. The first-order valence-corrected chi connectivity index (χ1v) is 9.60. The van der Waals surface area contributed by atoms with E-state index in [1.165, 1.54) is 0 Å². The third-order valence-corrected chi connectivity index (χ3v) is 5.10. The Balaban J connectivity index is 1.86. The van der Waals surface area contributed by atoms with Crippen LogP contribution < -0.4 is 0 Å². The van der Waals surface area contributed by atoms with Crippen LogP contribution in [0.15, 0.2) is 54.6 Å². The van der Waals surface area contributed by atoms with Crippen molar-refractivity contribution in [3.8, 4) is 0 Å². The van der Waals surface area contributed by atoms with Crippen LogP contribution in [-0.4, -0.2) is 44.7 Å². The van der Waals surface area contributed by atoms with Crippen molar-refractivity contribution in [2.45, 2.75) is 56.8 Å². The van der Waals surface area contributed by atoms with Gasteiger partial charge in [-0.3, -0.25) is 4.79 Å². The van der Waals surface area contributed by atoms with Crippen molar-refractivity contribution in [1.29, 1.82) is 0 Å². The summed E-state index contributed by atoms with van der Waals surface area (Å²) in [5.74, 6) is -1.10. The highest BCUT2D eigenvalue weighted by molar-refractivity contribution is 5.66. The smallest absolute Gasteiger partial charge is 0.303 e. The van der Waals surface area contributed by atoms with Gasteiger partial charge in [0.25, 0.3) is 0 Å². The van der Waals surface area contributed by atoms with E-state index in [0.717, 1.165) is 5.56 Å². The van der Waals surface area contributed by atoms with Crippen molar-refractivity contribution in [3.05, 3.63) is 60.2 Å². The van der Waals surface area contributed by atoms with Gasteiger partial charge in [0.1, 0.15) is 0 Å². The average Bonchev–Trinajstić information content (AvgIpc) is 2.89. The van der Waals surface area contributed by atoms with Gasteiger partial charge in [-0.05, 0) is 30.7 Å². The van der Waals surface area contributed by atoms with Gasteiger partial charge in [-0.25, -0.2) is 0 Å². The molecule has 1 saturated carbocycles. The zero-order chi connectivity index (χ0) is 19.6. The van der Waals surface area contributed by atoms with Gasteiger partial charge in [0.05, 0.1) is 18.3 Å². The molecule has 0 aliphatic heterocycles. The van der Waals surface area contributed by atoms with Gasteiger partial charge in [-0.2, -0.15) is 0 Å². The lowest BCUT2D eigenvalue weighted by molar-refractivity contribution is -0.137. The molecule has 4 N–H and O–H groups in total. The predicted molar refractivity (Wildman–Crippen MR) is 104 cm³/mol. The number of carboxylic acids is 1. The first-order valence-electron chi connectivity index (χ1n) is 9.60. The summed E-state index contributed by atoms with van der Waals surface area (Å²) in [4.78, 5) is 10.5. The molecule has 0 saturated heterocycles. The normalized spacial score (nSPS) is 26.8. The number of carboxylic acid groups (broad SMARTS) is 1. The zero-order valence-corrected chi connectivity index (χ0v) is 15.5. The molecule has 5 atom stereocenters. The summed E-state index contributed by atoms with van der Waals surface area (Å²) in [6, 6.07) is 9.72. The molecule has 0 heterocycles. The minimum Gasteiger partial charge on any atom is -0.481 e. The average molecular weight is 374 g/mol. The van der Waals surface area contributed by atoms with Gasteiger partial charge in [0.15, 0.2) is 0 Å². The minimum atomic E-state index is -0.794. The first kappa shape index (κ1) is 21.4. The number of aliphatic carboxylic acids is 1. The fourth-order valence-corrected chi connectivity index (χ4v) is 3.63.